The molecule has 1 fully saturated rings. The van der Waals surface area contributed by atoms with Crippen molar-refractivity contribution in [3.05, 3.63) is 12.2 Å². The van der Waals surface area contributed by atoms with E-state index in [0.29, 0.717) is 19.0 Å². The highest BCUT2D eigenvalue weighted by atomic mass is 16.1. The van der Waals surface area contributed by atoms with Gasteiger partial charge in [-0.05, 0) is 19.3 Å². The van der Waals surface area contributed by atoms with Gasteiger partial charge in [-0.25, -0.2) is 0 Å². The lowest BCUT2D eigenvalue weighted by Crippen LogP contribution is -2.24. The third kappa shape index (κ3) is 3.67. The third-order valence-electron chi connectivity index (χ3n) is 2.11. The van der Waals surface area contributed by atoms with Gasteiger partial charge in [0.05, 0.1) is 6.54 Å². The molecule has 1 aliphatic rings. The molecule has 1 rings (SSSR count). The average Bonchev–Trinajstić information content (AvgIpc) is 2.83. The molecule has 0 bridgehead atoms. The van der Waals surface area contributed by atoms with Crippen molar-refractivity contribution >= 4 is 5.78 Å². The maximum atomic E-state index is 11.2. The van der Waals surface area contributed by atoms with Gasteiger partial charge < -0.3 is 5.32 Å². The van der Waals surface area contributed by atoms with Crippen LogP contribution in [-0.2, 0) is 4.79 Å². The van der Waals surface area contributed by atoms with Crippen molar-refractivity contribution in [2.24, 2.45) is 0 Å². The van der Waals surface area contributed by atoms with E-state index in [1.165, 1.54) is 12.8 Å². The van der Waals surface area contributed by atoms with Gasteiger partial charge in [0.2, 0.25) is 0 Å². The molecule has 0 amide bonds. The first-order chi connectivity index (χ1) is 5.72. The van der Waals surface area contributed by atoms with E-state index in [1.807, 2.05) is 6.92 Å². The SMILES string of the molecule is C=C(CC)CC(=O)CNC1CC1. The summed E-state index contributed by atoms with van der Waals surface area (Å²) in [7, 11) is 0. The molecular weight excluding hydrogens is 150 g/mol. The number of carbonyl (C=O) groups excluding carboxylic acids is 1. The number of hydrogen-bond acceptors (Lipinski definition) is 2. The molecule has 1 aliphatic carbocycles. The van der Waals surface area contributed by atoms with Crippen LogP contribution >= 0.6 is 0 Å². The number of allylic oxidation sites excluding steroid dienone is 1. The average molecular weight is 167 g/mol. The summed E-state index contributed by atoms with van der Waals surface area (Å²) in [6, 6.07) is 0.629. The van der Waals surface area contributed by atoms with Gasteiger partial charge >= 0.3 is 0 Å². The van der Waals surface area contributed by atoms with Crippen molar-refractivity contribution in [1.29, 1.82) is 0 Å². The summed E-state index contributed by atoms with van der Waals surface area (Å²) in [6.07, 6.45) is 3.94. The van der Waals surface area contributed by atoms with Crippen LogP contribution in [0, 0.1) is 0 Å². The van der Waals surface area contributed by atoms with Gasteiger partial charge in [0, 0.05) is 12.5 Å². The molecule has 68 valence electrons. The standard InChI is InChI=1S/C10H17NO/c1-3-8(2)6-10(12)7-11-9-4-5-9/h9,11H,2-7H2,1H3. The van der Waals surface area contributed by atoms with Gasteiger partial charge in [-0.1, -0.05) is 19.1 Å². The van der Waals surface area contributed by atoms with Crippen molar-refractivity contribution in [1.82, 2.24) is 5.32 Å². The van der Waals surface area contributed by atoms with Crippen LogP contribution in [0.1, 0.15) is 32.6 Å². The second-order valence-corrected chi connectivity index (χ2v) is 3.47. The Hall–Kier alpha value is -0.630. The number of rotatable bonds is 6. The van der Waals surface area contributed by atoms with Crippen molar-refractivity contribution in [2.75, 3.05) is 6.54 Å². The second kappa shape index (κ2) is 4.41. The molecule has 1 saturated carbocycles. The summed E-state index contributed by atoms with van der Waals surface area (Å²) < 4.78 is 0. The van der Waals surface area contributed by atoms with Crippen molar-refractivity contribution in [3.63, 3.8) is 0 Å². The van der Waals surface area contributed by atoms with E-state index in [4.69, 9.17) is 0 Å². The molecule has 0 radical (unpaired) electrons. The molecule has 0 heterocycles. The molecule has 0 atom stereocenters. The van der Waals surface area contributed by atoms with Crippen molar-refractivity contribution in [2.45, 2.75) is 38.6 Å². The number of Topliss-reactive ketones (excluding diaryl/α,β-unsaturated/α-hetero) is 1. The maximum absolute atomic E-state index is 11.2. The summed E-state index contributed by atoms with van der Waals surface area (Å²) in [5.41, 5.74) is 1.04. The first-order valence-electron chi connectivity index (χ1n) is 4.64. The molecule has 0 aromatic carbocycles. The fourth-order valence-electron chi connectivity index (χ4n) is 1.01. The predicted octanol–water partition coefficient (Wildman–Crippen LogP) is 1.66. The van der Waals surface area contributed by atoms with E-state index in [1.54, 1.807) is 0 Å². The van der Waals surface area contributed by atoms with E-state index in [-0.39, 0.29) is 5.78 Å². The zero-order valence-corrected chi connectivity index (χ0v) is 7.73. The highest BCUT2D eigenvalue weighted by Crippen LogP contribution is 2.18. The molecule has 0 aromatic rings. The monoisotopic (exact) mass is 167 g/mol. The lowest BCUT2D eigenvalue weighted by molar-refractivity contribution is -0.117. The molecule has 0 aromatic heterocycles. The van der Waals surface area contributed by atoms with Gasteiger partial charge in [0.15, 0.2) is 5.78 Å². The Morgan fingerprint density at radius 2 is 2.25 bits per heavy atom. The molecule has 0 unspecified atom stereocenters. The zero-order chi connectivity index (χ0) is 8.97. The quantitative estimate of drug-likeness (QED) is 0.610. The molecule has 2 nitrogen and oxygen atoms in total. The Morgan fingerprint density at radius 1 is 1.58 bits per heavy atom. The first-order valence-corrected chi connectivity index (χ1v) is 4.64. The van der Waals surface area contributed by atoms with Gasteiger partial charge in [0.25, 0.3) is 0 Å². The normalized spacial score (nSPS) is 16.1. The number of carbonyl (C=O) groups is 1. The second-order valence-electron chi connectivity index (χ2n) is 3.47. The Bertz CT molecular complexity index is 182. The minimum atomic E-state index is 0.272. The minimum Gasteiger partial charge on any atom is -0.307 e. The summed E-state index contributed by atoms with van der Waals surface area (Å²) in [6.45, 7) is 6.37. The highest BCUT2D eigenvalue weighted by Gasteiger charge is 2.20. The van der Waals surface area contributed by atoms with Crippen LogP contribution in [0.25, 0.3) is 0 Å². The molecule has 0 aliphatic heterocycles. The van der Waals surface area contributed by atoms with Gasteiger partial charge in [-0.2, -0.15) is 0 Å². The van der Waals surface area contributed by atoms with E-state index in [2.05, 4.69) is 11.9 Å². The van der Waals surface area contributed by atoms with Crippen molar-refractivity contribution in [3.8, 4) is 0 Å². The molecule has 2 heteroatoms. The Labute approximate surface area is 74.0 Å². The van der Waals surface area contributed by atoms with Gasteiger partial charge in [-0.15, -0.1) is 0 Å². The third-order valence-corrected chi connectivity index (χ3v) is 2.11. The van der Waals surface area contributed by atoms with Crippen LogP contribution in [-0.4, -0.2) is 18.4 Å². The Morgan fingerprint density at radius 3 is 2.75 bits per heavy atom. The van der Waals surface area contributed by atoms with E-state index in [0.717, 1.165) is 12.0 Å². The molecule has 12 heavy (non-hydrogen) atoms. The molecule has 1 N–H and O–H groups in total. The maximum Gasteiger partial charge on any atom is 0.150 e. The molecular formula is C10H17NO. The highest BCUT2D eigenvalue weighted by molar-refractivity contribution is 5.82. The number of ketones is 1. The summed E-state index contributed by atoms with van der Waals surface area (Å²) in [4.78, 5) is 11.2. The largest absolute Gasteiger partial charge is 0.307 e. The van der Waals surface area contributed by atoms with Crippen LogP contribution in [0.5, 0.6) is 0 Å². The predicted molar refractivity (Wildman–Crippen MR) is 50.1 cm³/mol. The van der Waals surface area contributed by atoms with Gasteiger partial charge in [-0.3, -0.25) is 4.79 Å². The minimum absolute atomic E-state index is 0.272. The van der Waals surface area contributed by atoms with Crippen molar-refractivity contribution < 1.29 is 4.79 Å². The van der Waals surface area contributed by atoms with Crippen LogP contribution in [0.15, 0.2) is 12.2 Å². The summed E-state index contributed by atoms with van der Waals surface area (Å²) >= 11 is 0. The van der Waals surface area contributed by atoms with Gasteiger partial charge in [0.1, 0.15) is 0 Å². The Kier molecular flexibility index (Phi) is 3.48. The Balaban J connectivity index is 2.05. The number of hydrogen-bond donors (Lipinski definition) is 1. The number of nitrogens with one attached hydrogen (secondary N) is 1. The fourth-order valence-corrected chi connectivity index (χ4v) is 1.01. The van der Waals surface area contributed by atoms with E-state index < -0.39 is 0 Å². The summed E-state index contributed by atoms with van der Waals surface area (Å²) in [5, 5.41) is 3.20. The van der Waals surface area contributed by atoms with Crippen LogP contribution in [0.4, 0.5) is 0 Å². The first kappa shape index (κ1) is 9.46. The van der Waals surface area contributed by atoms with E-state index >= 15 is 0 Å². The van der Waals surface area contributed by atoms with Crippen LogP contribution in [0.2, 0.25) is 0 Å². The van der Waals surface area contributed by atoms with Crippen LogP contribution in [0.3, 0.4) is 0 Å². The zero-order valence-electron chi connectivity index (χ0n) is 7.73. The fraction of sp³-hybridized carbons (Fsp3) is 0.700. The topological polar surface area (TPSA) is 29.1 Å². The van der Waals surface area contributed by atoms with E-state index in [9.17, 15) is 4.79 Å². The lowest BCUT2D eigenvalue weighted by atomic mass is 10.1. The smallest absolute Gasteiger partial charge is 0.150 e. The lowest BCUT2D eigenvalue weighted by Gasteiger charge is -2.02. The molecule has 0 spiro atoms. The van der Waals surface area contributed by atoms with Crippen LogP contribution < -0.4 is 5.32 Å². The summed E-state index contributed by atoms with van der Waals surface area (Å²) in [5.74, 6) is 0.272. The molecule has 0 saturated heterocycles.